The van der Waals surface area contributed by atoms with Crippen molar-refractivity contribution in [2.24, 2.45) is 0 Å². The van der Waals surface area contributed by atoms with Crippen molar-refractivity contribution in [1.29, 1.82) is 10.5 Å². The first-order valence-electron chi connectivity index (χ1n) is 2.25. The van der Waals surface area contributed by atoms with E-state index < -0.39 is 35.9 Å². The Kier molecular flexibility index (Phi) is 3.89. The van der Waals surface area contributed by atoms with E-state index in [1.54, 1.807) is 0 Å². The summed E-state index contributed by atoms with van der Waals surface area (Å²) < 4.78 is 60.5. The first-order chi connectivity index (χ1) is 5.74. The minimum absolute atomic E-state index is 1.07. The van der Waals surface area contributed by atoms with E-state index in [1.165, 1.54) is 0 Å². The van der Waals surface area contributed by atoms with Gasteiger partial charge in [-0.3, -0.25) is 0 Å². The topological polar surface area (TPSA) is 90.9 Å². The second kappa shape index (κ2) is 4.08. The molecule has 0 spiro atoms. The van der Waals surface area contributed by atoms with Crippen LogP contribution in [0.1, 0.15) is 0 Å². The fraction of sp³-hybridized carbons (Fsp3) is 0.333. The number of nitriles is 2. The summed E-state index contributed by atoms with van der Waals surface area (Å²) in [7, 11) is -5.80. The minimum atomic E-state index is -5.80. The fourth-order valence-electron chi connectivity index (χ4n) is 0.166. The van der Waals surface area contributed by atoms with Crippen molar-refractivity contribution >= 4 is 30.4 Å². The van der Waals surface area contributed by atoms with Gasteiger partial charge in [0.05, 0.1) is 0 Å². The van der Waals surface area contributed by atoms with Crippen LogP contribution in [0.5, 0.6) is 0 Å². The van der Waals surface area contributed by atoms with Crippen LogP contribution in [0.25, 0.3) is 0 Å². The molecule has 74 valence electrons. The molecular weight excluding hydrogens is 328 g/mol. The molecule has 0 aromatic carbocycles. The molecule has 0 unspecified atom stereocenters. The SMILES string of the molecule is N#CI(C#N)OS(=O)(=O)C(F)(F)F. The predicted molar refractivity (Wildman–Crippen MR) is 41.3 cm³/mol. The van der Waals surface area contributed by atoms with Gasteiger partial charge in [0.1, 0.15) is 0 Å². The molecule has 10 heteroatoms. The van der Waals surface area contributed by atoms with Crippen molar-refractivity contribution in [3.05, 3.63) is 0 Å². The summed E-state index contributed by atoms with van der Waals surface area (Å²) in [5, 5.41) is 16.0. The van der Waals surface area contributed by atoms with E-state index in [0.29, 0.717) is 0 Å². The molecule has 0 saturated carbocycles. The van der Waals surface area contributed by atoms with E-state index in [-0.39, 0.29) is 0 Å². The number of nitrogens with zero attached hydrogens (tertiary/aromatic N) is 2. The molecule has 0 heterocycles. The maximum atomic E-state index is 11.6. The van der Waals surface area contributed by atoms with Crippen molar-refractivity contribution < 1.29 is 24.1 Å². The van der Waals surface area contributed by atoms with Crippen molar-refractivity contribution in [3.8, 4) is 8.15 Å². The van der Waals surface area contributed by atoms with Crippen LogP contribution in [0.4, 0.5) is 13.2 Å². The van der Waals surface area contributed by atoms with Crippen LogP contribution >= 0.6 is 20.2 Å². The molecule has 0 aromatic heterocycles. The molecule has 0 bridgehead atoms. The van der Waals surface area contributed by atoms with Crippen LogP contribution in [0.3, 0.4) is 0 Å². The molecule has 0 fully saturated rings. The van der Waals surface area contributed by atoms with Crippen LogP contribution in [-0.2, 0) is 12.6 Å². The van der Waals surface area contributed by atoms with Crippen LogP contribution in [0.15, 0.2) is 0 Å². The number of halogens is 4. The fourth-order valence-corrected chi connectivity index (χ4v) is 3.08. The summed E-state index contributed by atoms with van der Waals surface area (Å²) in [4.78, 5) is 0. The zero-order valence-corrected chi connectivity index (χ0v) is 8.51. The second-order valence-electron chi connectivity index (χ2n) is 1.38. The van der Waals surface area contributed by atoms with Gasteiger partial charge in [-0.2, -0.15) is 0 Å². The number of alkyl halides is 3. The molecule has 0 aliphatic carbocycles. The predicted octanol–water partition coefficient (Wildman–Crippen LogP) is 1.24. The van der Waals surface area contributed by atoms with Crippen LogP contribution in [0.2, 0.25) is 0 Å². The summed E-state index contributed by atoms with van der Waals surface area (Å²) >= 11 is -3.78. The number of rotatable bonds is 2. The van der Waals surface area contributed by atoms with Gasteiger partial charge in [-0.15, -0.1) is 0 Å². The molecule has 0 radical (unpaired) electrons. The molecule has 0 N–H and O–H groups in total. The summed E-state index contributed by atoms with van der Waals surface area (Å²) in [5.41, 5.74) is -5.59. The van der Waals surface area contributed by atoms with E-state index in [1.807, 2.05) is 0 Å². The number of hydrogen-bond acceptors (Lipinski definition) is 5. The maximum absolute atomic E-state index is 11.6. The Morgan fingerprint density at radius 2 is 1.62 bits per heavy atom. The summed E-state index contributed by atoms with van der Waals surface area (Å²) in [6.07, 6.45) is 0. The van der Waals surface area contributed by atoms with Gasteiger partial charge in [0.25, 0.3) is 0 Å². The van der Waals surface area contributed by atoms with Crippen LogP contribution in [-0.4, -0.2) is 13.9 Å². The van der Waals surface area contributed by atoms with Gasteiger partial charge in [-0.25, -0.2) is 0 Å². The molecule has 0 aliphatic rings. The molecule has 0 amide bonds. The van der Waals surface area contributed by atoms with E-state index in [2.05, 4.69) is 2.51 Å². The van der Waals surface area contributed by atoms with E-state index in [0.717, 1.165) is 8.15 Å². The zero-order valence-electron chi connectivity index (χ0n) is 5.54. The first kappa shape index (κ1) is 12.4. The molecule has 5 nitrogen and oxygen atoms in total. The van der Waals surface area contributed by atoms with Gasteiger partial charge in [0.2, 0.25) is 0 Å². The van der Waals surface area contributed by atoms with Crippen molar-refractivity contribution in [1.82, 2.24) is 0 Å². The van der Waals surface area contributed by atoms with E-state index >= 15 is 0 Å². The normalized spacial score (nSPS) is 12.8. The molecule has 0 atom stereocenters. The van der Waals surface area contributed by atoms with Crippen molar-refractivity contribution in [3.63, 3.8) is 0 Å². The molecule has 0 saturated heterocycles. The second-order valence-corrected chi connectivity index (χ2v) is 6.34. The molecule has 13 heavy (non-hydrogen) atoms. The average Bonchev–Trinajstić information content (AvgIpc) is 1.98. The van der Waals surface area contributed by atoms with Gasteiger partial charge < -0.3 is 0 Å². The Balaban J connectivity index is 4.78. The van der Waals surface area contributed by atoms with Crippen LogP contribution in [0, 0.1) is 18.7 Å². The molecule has 0 aromatic rings. The molecule has 0 aliphatic heterocycles. The standard InChI is InChI=1S/C3F3IN2O3S/c4-3(5,6)13(10,11)12-7(1-8)2-9. The van der Waals surface area contributed by atoms with Crippen molar-refractivity contribution in [2.45, 2.75) is 5.51 Å². The Hall–Kier alpha value is -0.590. The molecule has 0 rings (SSSR count). The Morgan fingerprint density at radius 1 is 1.23 bits per heavy atom. The average molecular weight is 328 g/mol. The Labute approximate surface area is 78.8 Å². The third-order valence-electron chi connectivity index (χ3n) is 0.583. The summed E-state index contributed by atoms with van der Waals surface area (Å²) in [5.74, 6) is 0. The van der Waals surface area contributed by atoms with E-state index in [4.69, 9.17) is 10.5 Å². The van der Waals surface area contributed by atoms with Gasteiger partial charge in [-0.1, -0.05) is 0 Å². The first-order valence-corrected chi connectivity index (χ1v) is 6.70. The summed E-state index contributed by atoms with van der Waals surface area (Å²) in [6, 6.07) is 0. The Bertz CT molecular complexity index is 349. The summed E-state index contributed by atoms with van der Waals surface area (Å²) in [6.45, 7) is 0. The van der Waals surface area contributed by atoms with Crippen LogP contribution < -0.4 is 0 Å². The van der Waals surface area contributed by atoms with Gasteiger partial charge in [-0.05, 0) is 0 Å². The third kappa shape index (κ3) is 3.33. The Morgan fingerprint density at radius 3 is 1.85 bits per heavy atom. The zero-order chi connectivity index (χ0) is 10.7. The molecular formula is C3F3IN2O3S. The number of hydrogen-bond donors (Lipinski definition) is 0. The quantitative estimate of drug-likeness (QED) is 0.562. The van der Waals surface area contributed by atoms with Gasteiger partial charge >= 0.3 is 78.6 Å². The van der Waals surface area contributed by atoms with E-state index in [9.17, 15) is 21.6 Å². The monoisotopic (exact) mass is 328 g/mol. The van der Waals surface area contributed by atoms with Gasteiger partial charge in [0, 0.05) is 0 Å². The third-order valence-corrected chi connectivity index (χ3v) is 4.82. The van der Waals surface area contributed by atoms with Gasteiger partial charge in [0.15, 0.2) is 0 Å². The van der Waals surface area contributed by atoms with Crippen molar-refractivity contribution in [2.75, 3.05) is 0 Å².